The van der Waals surface area contributed by atoms with E-state index in [0.29, 0.717) is 19.8 Å². The minimum atomic E-state index is -1.17. The van der Waals surface area contributed by atoms with Gasteiger partial charge in [0.05, 0.1) is 13.7 Å². The highest BCUT2D eigenvalue weighted by Gasteiger charge is 2.54. The van der Waals surface area contributed by atoms with Gasteiger partial charge in [0.25, 0.3) is 11.6 Å². The molecule has 0 spiro atoms. The fourth-order valence-corrected chi connectivity index (χ4v) is 4.36. The molecule has 152 valence electrons. The zero-order valence-corrected chi connectivity index (χ0v) is 17.0. The van der Waals surface area contributed by atoms with E-state index in [1.54, 1.807) is 7.11 Å². The summed E-state index contributed by atoms with van der Waals surface area (Å²) in [6, 6.07) is 26.3. The Balaban J connectivity index is 1.55. The number of anilines is 1. The van der Waals surface area contributed by atoms with Crippen molar-refractivity contribution in [2.75, 3.05) is 38.3 Å². The first-order valence-electron chi connectivity index (χ1n) is 10.2. The fraction of sp³-hybridized carbons (Fsp3) is 0.240. The lowest BCUT2D eigenvalue weighted by Gasteiger charge is -2.29. The number of benzene rings is 3. The maximum atomic E-state index is 12.0. The lowest BCUT2D eigenvalue weighted by atomic mass is 9.97. The van der Waals surface area contributed by atoms with Gasteiger partial charge in [-0.2, -0.15) is 4.90 Å². The van der Waals surface area contributed by atoms with Gasteiger partial charge in [-0.05, 0) is 35.4 Å². The maximum Gasteiger partial charge on any atom is 0.281 e. The zero-order valence-electron chi connectivity index (χ0n) is 17.0. The molecule has 0 radical (unpaired) electrons. The summed E-state index contributed by atoms with van der Waals surface area (Å²) in [5, 5.41) is 12.0. The molecule has 5 nitrogen and oxygen atoms in total. The number of nitrogens with zero attached hydrogens (tertiary/aromatic N) is 2. The second-order valence-electron chi connectivity index (χ2n) is 7.68. The van der Waals surface area contributed by atoms with Crippen LogP contribution in [0.25, 0.3) is 11.1 Å². The summed E-state index contributed by atoms with van der Waals surface area (Å²) < 4.78 is 13.3. The number of aliphatic hydroxyl groups is 1. The molecule has 1 N–H and O–H groups in total. The standard InChI is InChI=1S/C25H25N2O3/c1-29-23-13-11-22(12-14-23)27-24-17-30-16-15-26(24)18-25(27,28)21-9-7-20(8-10-21)19-5-3-2-4-6-19/h2-14,28H,15-18H2,1H3/q+1/t25-/m0/s1. The molecule has 0 amide bonds. The van der Waals surface area contributed by atoms with Crippen LogP contribution in [0.5, 0.6) is 5.75 Å². The van der Waals surface area contributed by atoms with Crippen molar-refractivity contribution in [2.24, 2.45) is 0 Å². The molecular weight excluding hydrogens is 376 g/mol. The second kappa shape index (κ2) is 7.59. The van der Waals surface area contributed by atoms with E-state index >= 15 is 0 Å². The highest BCUT2D eigenvalue weighted by molar-refractivity contribution is 5.98. The molecule has 0 bridgehead atoms. The lowest BCUT2D eigenvalue weighted by Crippen LogP contribution is -2.48. The highest BCUT2D eigenvalue weighted by Crippen LogP contribution is 2.37. The number of hydrogen-bond donors (Lipinski definition) is 1. The van der Waals surface area contributed by atoms with Crippen LogP contribution in [0.15, 0.2) is 78.9 Å². The number of hydrogen-bond acceptors (Lipinski definition) is 4. The van der Waals surface area contributed by atoms with Crippen molar-refractivity contribution in [1.82, 2.24) is 0 Å². The molecule has 3 aromatic rings. The summed E-state index contributed by atoms with van der Waals surface area (Å²) in [6.07, 6.45) is 0. The van der Waals surface area contributed by atoms with Gasteiger partial charge in [-0.3, -0.25) is 4.58 Å². The van der Waals surface area contributed by atoms with E-state index in [1.807, 2.05) is 59.5 Å². The Kier molecular flexibility index (Phi) is 4.77. The van der Waals surface area contributed by atoms with Crippen LogP contribution >= 0.6 is 0 Å². The molecule has 5 rings (SSSR count). The number of ether oxygens (including phenoxy) is 2. The summed E-state index contributed by atoms with van der Waals surface area (Å²) in [7, 11) is 1.65. The number of amidine groups is 1. The van der Waals surface area contributed by atoms with Crippen LogP contribution in [0, 0.1) is 0 Å². The third-order valence-corrected chi connectivity index (χ3v) is 5.93. The van der Waals surface area contributed by atoms with Gasteiger partial charge in [-0.15, -0.1) is 0 Å². The van der Waals surface area contributed by atoms with Crippen molar-refractivity contribution < 1.29 is 19.2 Å². The SMILES string of the molecule is COc1ccc(N2C3=[N+](CCOC3)C[C@]2(O)c2ccc(-c3ccccc3)cc2)cc1. The summed E-state index contributed by atoms with van der Waals surface area (Å²) in [6.45, 7) is 2.42. The van der Waals surface area contributed by atoms with Crippen molar-refractivity contribution in [2.45, 2.75) is 5.72 Å². The Morgan fingerprint density at radius 1 is 0.933 bits per heavy atom. The van der Waals surface area contributed by atoms with Gasteiger partial charge in [-0.1, -0.05) is 54.6 Å². The van der Waals surface area contributed by atoms with Crippen LogP contribution in [0.3, 0.4) is 0 Å². The molecule has 0 fully saturated rings. The normalized spacial score (nSPS) is 20.9. The third-order valence-electron chi connectivity index (χ3n) is 5.93. The van der Waals surface area contributed by atoms with E-state index in [-0.39, 0.29) is 0 Å². The van der Waals surface area contributed by atoms with Crippen LogP contribution < -0.4 is 9.64 Å². The molecule has 5 heteroatoms. The highest BCUT2D eigenvalue weighted by atomic mass is 16.5. The Morgan fingerprint density at radius 2 is 1.63 bits per heavy atom. The van der Waals surface area contributed by atoms with E-state index in [0.717, 1.165) is 40.5 Å². The minimum Gasteiger partial charge on any atom is -0.497 e. The third kappa shape index (κ3) is 3.16. The molecule has 0 saturated carbocycles. The van der Waals surface area contributed by atoms with E-state index in [9.17, 15) is 5.11 Å². The molecule has 30 heavy (non-hydrogen) atoms. The molecule has 0 aliphatic carbocycles. The summed E-state index contributed by atoms with van der Waals surface area (Å²) in [4.78, 5) is 2.00. The van der Waals surface area contributed by atoms with Gasteiger partial charge in [0, 0.05) is 5.56 Å². The molecular formula is C25H25N2O3+. The van der Waals surface area contributed by atoms with E-state index < -0.39 is 5.72 Å². The van der Waals surface area contributed by atoms with Crippen molar-refractivity contribution in [3.05, 3.63) is 84.4 Å². The van der Waals surface area contributed by atoms with Crippen molar-refractivity contribution >= 4 is 11.5 Å². The van der Waals surface area contributed by atoms with Crippen LogP contribution in [0.4, 0.5) is 5.69 Å². The monoisotopic (exact) mass is 401 g/mol. The van der Waals surface area contributed by atoms with E-state index in [4.69, 9.17) is 9.47 Å². The molecule has 2 heterocycles. The first-order valence-corrected chi connectivity index (χ1v) is 10.2. The first-order chi connectivity index (χ1) is 14.7. The quantitative estimate of drug-likeness (QED) is 0.680. The number of rotatable bonds is 4. The molecule has 2 aliphatic rings. The topological polar surface area (TPSA) is 44.9 Å². The molecule has 0 saturated heterocycles. The zero-order chi connectivity index (χ0) is 20.6. The van der Waals surface area contributed by atoms with Gasteiger partial charge in [0.1, 0.15) is 24.6 Å². The summed E-state index contributed by atoms with van der Waals surface area (Å²) >= 11 is 0. The van der Waals surface area contributed by atoms with Crippen molar-refractivity contribution in [3.63, 3.8) is 0 Å². The van der Waals surface area contributed by atoms with Gasteiger partial charge in [-0.25, -0.2) is 0 Å². The molecule has 0 unspecified atom stereocenters. The first kappa shape index (κ1) is 18.9. The molecule has 1 atom stereocenters. The van der Waals surface area contributed by atoms with Crippen molar-refractivity contribution in [1.29, 1.82) is 0 Å². The Morgan fingerprint density at radius 3 is 2.33 bits per heavy atom. The molecule has 2 aliphatic heterocycles. The predicted octanol–water partition coefficient (Wildman–Crippen LogP) is 3.47. The fourth-order valence-electron chi connectivity index (χ4n) is 4.36. The smallest absolute Gasteiger partial charge is 0.281 e. The van der Waals surface area contributed by atoms with Crippen LogP contribution in [0.1, 0.15) is 5.56 Å². The average molecular weight is 401 g/mol. The van der Waals surface area contributed by atoms with Gasteiger partial charge < -0.3 is 14.6 Å². The van der Waals surface area contributed by atoms with Crippen LogP contribution in [-0.2, 0) is 10.5 Å². The largest absolute Gasteiger partial charge is 0.497 e. The Bertz CT molecular complexity index is 1060. The Labute approximate surface area is 176 Å². The average Bonchev–Trinajstić information content (AvgIpc) is 3.13. The predicted molar refractivity (Wildman–Crippen MR) is 117 cm³/mol. The van der Waals surface area contributed by atoms with Crippen LogP contribution in [0.2, 0.25) is 0 Å². The lowest BCUT2D eigenvalue weighted by molar-refractivity contribution is -0.543. The van der Waals surface area contributed by atoms with Gasteiger partial charge in [0.15, 0.2) is 6.54 Å². The summed E-state index contributed by atoms with van der Waals surface area (Å²) in [5.41, 5.74) is 2.89. The number of methoxy groups -OCH3 is 1. The maximum absolute atomic E-state index is 12.0. The second-order valence-corrected chi connectivity index (χ2v) is 7.68. The Hall–Kier alpha value is -3.15. The molecule has 0 aromatic heterocycles. The summed E-state index contributed by atoms with van der Waals surface area (Å²) in [5.74, 6) is 1.77. The van der Waals surface area contributed by atoms with Gasteiger partial charge in [0.2, 0.25) is 0 Å². The van der Waals surface area contributed by atoms with Crippen molar-refractivity contribution in [3.8, 4) is 16.9 Å². The van der Waals surface area contributed by atoms with E-state index in [2.05, 4.69) is 28.8 Å². The van der Waals surface area contributed by atoms with Gasteiger partial charge >= 0.3 is 0 Å². The van der Waals surface area contributed by atoms with E-state index in [1.165, 1.54) is 0 Å². The molecule has 3 aromatic carbocycles. The van der Waals surface area contributed by atoms with Crippen LogP contribution in [-0.4, -0.2) is 48.9 Å². The minimum absolute atomic E-state index is 0.483.